The van der Waals surface area contributed by atoms with Crippen LogP contribution in [0.3, 0.4) is 0 Å². The van der Waals surface area contributed by atoms with Gasteiger partial charge < -0.3 is 15.3 Å². The molecule has 1 amide bonds. The topological polar surface area (TPSA) is 83.3 Å². The molecule has 1 aromatic carbocycles. The van der Waals surface area contributed by atoms with Gasteiger partial charge in [-0.2, -0.15) is 13.2 Å². The molecule has 32 heavy (non-hydrogen) atoms. The summed E-state index contributed by atoms with van der Waals surface area (Å²) in [6.07, 6.45) is 1.05. The molecule has 2 saturated heterocycles. The van der Waals surface area contributed by atoms with E-state index >= 15 is 0 Å². The van der Waals surface area contributed by atoms with Crippen LogP contribution in [-0.2, 0) is 23.1 Å². The normalized spacial score (nSPS) is 26.8. The maximum Gasteiger partial charge on any atom is 0.416 e. The monoisotopic (exact) mass is 451 g/mol. The van der Waals surface area contributed by atoms with E-state index in [1.54, 1.807) is 6.20 Å². The lowest BCUT2D eigenvalue weighted by Gasteiger charge is -2.40. The lowest BCUT2D eigenvalue weighted by molar-refractivity contribution is -0.137. The molecule has 0 bridgehead atoms. The van der Waals surface area contributed by atoms with Crippen LogP contribution in [0.25, 0.3) is 0 Å². The van der Waals surface area contributed by atoms with E-state index in [-0.39, 0.29) is 31.0 Å². The fourth-order valence-corrected chi connectivity index (χ4v) is 4.72. The van der Waals surface area contributed by atoms with Crippen LogP contribution in [0.2, 0.25) is 0 Å². The van der Waals surface area contributed by atoms with E-state index < -0.39 is 17.3 Å². The number of aliphatic hydroxyl groups is 1. The molecule has 0 spiro atoms. The fourth-order valence-electron chi connectivity index (χ4n) is 4.72. The molecule has 2 aliphatic rings. The molecule has 0 aliphatic carbocycles. The fraction of sp³-hybridized carbons (Fsp3) is 0.591. The zero-order valence-corrected chi connectivity index (χ0v) is 18.0. The number of hydrogen-bond donors (Lipinski definition) is 2. The number of carbonyl (C=O) groups is 1. The van der Waals surface area contributed by atoms with Crippen molar-refractivity contribution in [3.8, 4) is 0 Å². The predicted molar refractivity (Wildman–Crippen MR) is 110 cm³/mol. The minimum absolute atomic E-state index is 0.00683. The Kier molecular flexibility index (Phi) is 6.26. The van der Waals surface area contributed by atoms with Crippen molar-refractivity contribution in [2.45, 2.75) is 69.4 Å². The number of likely N-dealkylation sites (tertiary alicyclic amines) is 1. The molecule has 0 radical (unpaired) electrons. The van der Waals surface area contributed by atoms with E-state index in [1.807, 2.05) is 11.8 Å². The average molecular weight is 451 g/mol. The van der Waals surface area contributed by atoms with Crippen LogP contribution in [-0.4, -0.2) is 50.0 Å². The Labute approximate surface area is 184 Å². The van der Waals surface area contributed by atoms with E-state index in [9.17, 15) is 23.1 Å². The first-order chi connectivity index (χ1) is 15.1. The molecule has 1 aromatic heterocycles. The molecule has 0 saturated carbocycles. The summed E-state index contributed by atoms with van der Waals surface area (Å²) in [5.74, 6) is 0.00683. The van der Waals surface area contributed by atoms with Crippen molar-refractivity contribution in [2.24, 2.45) is 0 Å². The molecule has 174 valence electrons. The smallest absolute Gasteiger partial charge is 0.385 e. The molecule has 3 heterocycles. The molecule has 3 atom stereocenters. The van der Waals surface area contributed by atoms with Gasteiger partial charge in [-0.15, -0.1) is 5.10 Å². The second kappa shape index (κ2) is 8.82. The van der Waals surface area contributed by atoms with E-state index in [1.165, 1.54) is 16.8 Å². The molecule has 7 nitrogen and oxygen atoms in total. The van der Waals surface area contributed by atoms with Crippen LogP contribution in [0.15, 0.2) is 30.5 Å². The Hall–Kier alpha value is -2.46. The molecule has 1 unspecified atom stereocenters. The van der Waals surface area contributed by atoms with Gasteiger partial charge in [-0.1, -0.05) is 17.3 Å². The third-order valence-corrected chi connectivity index (χ3v) is 6.34. The second-order valence-corrected chi connectivity index (χ2v) is 8.92. The molecule has 10 heteroatoms. The Balaban J connectivity index is 1.47. The van der Waals surface area contributed by atoms with Crippen molar-refractivity contribution in [1.82, 2.24) is 25.2 Å². The summed E-state index contributed by atoms with van der Waals surface area (Å²) in [5, 5.41) is 23.0. The van der Waals surface area contributed by atoms with Crippen LogP contribution >= 0.6 is 0 Å². The van der Waals surface area contributed by atoms with Gasteiger partial charge in [0.2, 0.25) is 5.91 Å². The van der Waals surface area contributed by atoms with Gasteiger partial charge in [0.1, 0.15) is 6.54 Å². The van der Waals surface area contributed by atoms with Crippen LogP contribution < -0.4 is 5.32 Å². The highest BCUT2D eigenvalue weighted by molar-refractivity contribution is 5.75. The second-order valence-electron chi connectivity index (χ2n) is 8.92. The summed E-state index contributed by atoms with van der Waals surface area (Å²) < 4.78 is 40.2. The summed E-state index contributed by atoms with van der Waals surface area (Å²) in [6, 6.07) is 4.23. The first-order valence-corrected chi connectivity index (χ1v) is 11.0. The molecule has 2 fully saturated rings. The third kappa shape index (κ3) is 4.96. The van der Waals surface area contributed by atoms with E-state index in [4.69, 9.17) is 0 Å². The highest BCUT2D eigenvalue weighted by atomic mass is 19.4. The number of nitrogens with zero attached hydrogens (tertiary/aromatic N) is 4. The van der Waals surface area contributed by atoms with E-state index in [0.717, 1.165) is 44.5 Å². The van der Waals surface area contributed by atoms with Crippen molar-refractivity contribution in [3.63, 3.8) is 0 Å². The van der Waals surface area contributed by atoms with Gasteiger partial charge in [-0.05, 0) is 50.3 Å². The standard InChI is InChI=1S/C22H28F3N5O2/c1-15-11-21(32,16-5-7-17(8-6-16)22(23,24)25)12-18(26-15)19-13-30(28-27-19)14-20(31)29-9-3-2-4-10-29/h5-8,13,15,18,26,32H,2-4,9-12,14H2,1H3/t15-,18-,21?/m0/s1. The van der Waals surface area contributed by atoms with E-state index in [2.05, 4.69) is 15.6 Å². The average Bonchev–Trinajstić information content (AvgIpc) is 3.22. The maximum atomic E-state index is 12.9. The molecular formula is C22H28F3N5O2. The Bertz CT molecular complexity index is 940. The summed E-state index contributed by atoms with van der Waals surface area (Å²) in [5.41, 5.74) is -1.01. The number of halogens is 3. The van der Waals surface area contributed by atoms with Gasteiger partial charge in [0.15, 0.2) is 0 Å². The predicted octanol–water partition coefficient (Wildman–Crippen LogP) is 3.01. The Morgan fingerprint density at radius 1 is 1.19 bits per heavy atom. The molecule has 2 N–H and O–H groups in total. The van der Waals surface area contributed by atoms with Crippen molar-refractivity contribution >= 4 is 5.91 Å². The Morgan fingerprint density at radius 2 is 1.88 bits per heavy atom. The SMILES string of the molecule is C[C@H]1CC(O)(c2ccc(C(F)(F)F)cc2)C[C@@H](c2cn(CC(=O)N3CCCCC3)nn2)N1. The number of benzene rings is 1. The summed E-state index contributed by atoms with van der Waals surface area (Å²) in [6.45, 7) is 3.55. The summed E-state index contributed by atoms with van der Waals surface area (Å²) in [7, 11) is 0. The van der Waals surface area contributed by atoms with Crippen molar-refractivity contribution in [2.75, 3.05) is 13.1 Å². The van der Waals surface area contributed by atoms with Gasteiger partial charge in [-0.3, -0.25) is 4.79 Å². The third-order valence-electron chi connectivity index (χ3n) is 6.34. The quantitative estimate of drug-likeness (QED) is 0.747. The first kappa shape index (κ1) is 22.7. The van der Waals surface area contributed by atoms with Gasteiger partial charge in [-0.25, -0.2) is 4.68 Å². The largest absolute Gasteiger partial charge is 0.416 e. The maximum absolute atomic E-state index is 12.9. The van der Waals surface area contributed by atoms with Crippen LogP contribution in [0.1, 0.15) is 61.9 Å². The summed E-state index contributed by atoms with van der Waals surface area (Å²) >= 11 is 0. The van der Waals surface area contributed by atoms with Crippen molar-refractivity contribution in [1.29, 1.82) is 0 Å². The minimum atomic E-state index is -4.42. The number of carbonyl (C=O) groups excluding carboxylic acids is 1. The van der Waals surface area contributed by atoms with Crippen molar-refractivity contribution in [3.05, 3.63) is 47.3 Å². The van der Waals surface area contributed by atoms with Crippen molar-refractivity contribution < 1.29 is 23.1 Å². The van der Waals surface area contributed by atoms with Gasteiger partial charge in [0.25, 0.3) is 0 Å². The van der Waals surface area contributed by atoms with Gasteiger partial charge in [0, 0.05) is 25.6 Å². The van der Waals surface area contributed by atoms with Crippen LogP contribution in [0, 0.1) is 0 Å². The lowest BCUT2D eigenvalue weighted by atomic mass is 9.78. The number of hydrogen-bond acceptors (Lipinski definition) is 5. The number of amides is 1. The molecule has 2 aliphatic heterocycles. The molecule has 4 rings (SSSR count). The highest BCUT2D eigenvalue weighted by Crippen LogP contribution is 2.40. The van der Waals surface area contributed by atoms with Crippen LogP contribution in [0.4, 0.5) is 13.2 Å². The first-order valence-electron chi connectivity index (χ1n) is 11.0. The minimum Gasteiger partial charge on any atom is -0.385 e. The summed E-state index contributed by atoms with van der Waals surface area (Å²) in [4.78, 5) is 14.3. The number of aromatic nitrogens is 3. The molecule has 2 aromatic rings. The van der Waals surface area contributed by atoms with Crippen LogP contribution in [0.5, 0.6) is 0 Å². The zero-order valence-electron chi connectivity index (χ0n) is 18.0. The van der Waals surface area contributed by atoms with Gasteiger partial charge >= 0.3 is 6.18 Å². The highest BCUT2D eigenvalue weighted by Gasteiger charge is 2.41. The Morgan fingerprint density at radius 3 is 2.53 bits per heavy atom. The van der Waals surface area contributed by atoms with Gasteiger partial charge in [0.05, 0.1) is 29.1 Å². The van der Waals surface area contributed by atoms with E-state index in [0.29, 0.717) is 17.7 Å². The number of piperidine rings is 2. The molecular weight excluding hydrogens is 423 g/mol. The number of rotatable bonds is 4. The number of nitrogens with one attached hydrogen (secondary N) is 1. The lowest BCUT2D eigenvalue weighted by Crippen LogP contribution is -2.47. The number of alkyl halides is 3. The zero-order chi connectivity index (χ0) is 22.9.